The summed E-state index contributed by atoms with van der Waals surface area (Å²) in [6.45, 7) is 7.68. The van der Waals surface area contributed by atoms with Gasteiger partial charge in [0.25, 0.3) is 0 Å². The van der Waals surface area contributed by atoms with Gasteiger partial charge in [-0.2, -0.15) is 0 Å². The number of rotatable bonds is 8. The molecule has 2 N–H and O–H groups in total. The summed E-state index contributed by atoms with van der Waals surface area (Å²) in [5, 5.41) is 12.0. The number of carbonyl (C=O) groups is 2. The van der Waals surface area contributed by atoms with Gasteiger partial charge < -0.3 is 15.2 Å². The Balaban J connectivity index is 2.54. The normalized spacial score (nSPS) is 14.0. The molecule has 5 nitrogen and oxygen atoms in total. The molecule has 1 aromatic rings. The number of nitrogens with one attached hydrogen (secondary N) is 1. The fourth-order valence-electron chi connectivity index (χ4n) is 1.80. The summed E-state index contributed by atoms with van der Waals surface area (Å²) >= 11 is 7.18. The fourth-order valence-corrected chi connectivity index (χ4v) is 2.80. The SMILES string of the molecule is CC(Sc1ccc(Cl)cc1)C(=O)NC(CCOC(C)(C)C)C(=O)O. The number of thioether (sulfide) groups is 1. The predicted octanol–water partition coefficient (Wildman–Crippen LogP) is 3.60. The monoisotopic (exact) mass is 373 g/mol. The number of carbonyl (C=O) groups excluding carboxylic acids is 1. The van der Waals surface area contributed by atoms with Gasteiger partial charge in [0.2, 0.25) is 5.91 Å². The number of hydrogen-bond acceptors (Lipinski definition) is 4. The van der Waals surface area contributed by atoms with Crippen molar-refractivity contribution in [1.29, 1.82) is 0 Å². The number of amides is 1. The second-order valence-corrected chi connectivity index (χ2v) is 8.21. The van der Waals surface area contributed by atoms with Crippen molar-refractivity contribution < 1.29 is 19.4 Å². The lowest BCUT2D eigenvalue weighted by atomic mass is 10.1. The summed E-state index contributed by atoms with van der Waals surface area (Å²) in [6, 6.07) is 6.18. The van der Waals surface area contributed by atoms with Crippen molar-refractivity contribution >= 4 is 35.2 Å². The first kappa shape index (κ1) is 20.8. The summed E-state index contributed by atoms with van der Waals surface area (Å²) in [6.07, 6.45) is 0.219. The minimum Gasteiger partial charge on any atom is -0.480 e. The van der Waals surface area contributed by atoms with Gasteiger partial charge in [0.1, 0.15) is 6.04 Å². The molecule has 0 aliphatic carbocycles. The highest BCUT2D eigenvalue weighted by molar-refractivity contribution is 8.00. The molecular weight excluding hydrogens is 350 g/mol. The van der Waals surface area contributed by atoms with Crippen LogP contribution in [0.4, 0.5) is 0 Å². The third-order valence-electron chi connectivity index (χ3n) is 3.05. The Morgan fingerprint density at radius 3 is 2.38 bits per heavy atom. The van der Waals surface area contributed by atoms with Crippen LogP contribution in [0.25, 0.3) is 0 Å². The standard InChI is InChI=1S/C17H24ClNO4S/c1-11(24-13-7-5-12(18)6-8-13)15(20)19-14(16(21)22)9-10-23-17(2,3)4/h5-8,11,14H,9-10H2,1-4H3,(H,19,20)(H,21,22). The first-order chi connectivity index (χ1) is 11.1. The van der Waals surface area contributed by atoms with Gasteiger partial charge in [-0.15, -0.1) is 11.8 Å². The topological polar surface area (TPSA) is 75.6 Å². The van der Waals surface area contributed by atoms with Crippen LogP contribution in [0.2, 0.25) is 5.02 Å². The first-order valence-electron chi connectivity index (χ1n) is 7.68. The van der Waals surface area contributed by atoms with Crippen LogP contribution in [0.3, 0.4) is 0 Å². The van der Waals surface area contributed by atoms with Crippen molar-refractivity contribution in [3.05, 3.63) is 29.3 Å². The van der Waals surface area contributed by atoms with Crippen molar-refractivity contribution in [3.63, 3.8) is 0 Å². The zero-order valence-electron chi connectivity index (χ0n) is 14.3. The third kappa shape index (κ3) is 8.04. The largest absolute Gasteiger partial charge is 0.480 e. The van der Waals surface area contributed by atoms with Gasteiger partial charge in [0.15, 0.2) is 0 Å². The van der Waals surface area contributed by atoms with E-state index in [4.69, 9.17) is 16.3 Å². The summed E-state index contributed by atoms with van der Waals surface area (Å²) < 4.78 is 5.53. The number of aliphatic carboxylic acids is 1. The molecular formula is C17H24ClNO4S. The van der Waals surface area contributed by atoms with Gasteiger partial charge in [0.05, 0.1) is 10.9 Å². The fraction of sp³-hybridized carbons (Fsp3) is 0.529. The Hall–Kier alpha value is -1.24. The highest BCUT2D eigenvalue weighted by Gasteiger charge is 2.24. The number of hydrogen-bond donors (Lipinski definition) is 2. The summed E-state index contributed by atoms with van der Waals surface area (Å²) in [5.41, 5.74) is -0.342. The maximum Gasteiger partial charge on any atom is 0.326 e. The molecule has 1 rings (SSSR count). The van der Waals surface area contributed by atoms with Crippen molar-refractivity contribution in [2.24, 2.45) is 0 Å². The van der Waals surface area contributed by atoms with E-state index in [1.807, 2.05) is 32.9 Å². The Morgan fingerprint density at radius 2 is 1.88 bits per heavy atom. The molecule has 0 spiro atoms. The highest BCUT2D eigenvalue weighted by atomic mass is 35.5. The minimum absolute atomic E-state index is 0.219. The quantitative estimate of drug-likeness (QED) is 0.681. The molecule has 0 radical (unpaired) electrons. The lowest BCUT2D eigenvalue weighted by Gasteiger charge is -2.22. The van der Waals surface area contributed by atoms with Gasteiger partial charge in [-0.25, -0.2) is 4.79 Å². The van der Waals surface area contributed by atoms with Crippen LogP contribution in [-0.4, -0.2) is 40.5 Å². The Kier molecular flexibility index (Phi) is 8.06. The summed E-state index contributed by atoms with van der Waals surface area (Å²) in [5.74, 6) is -1.39. The number of carboxylic acids is 1. The van der Waals surface area contributed by atoms with E-state index in [0.717, 1.165) is 4.90 Å². The summed E-state index contributed by atoms with van der Waals surface area (Å²) in [4.78, 5) is 24.4. The zero-order chi connectivity index (χ0) is 18.3. The summed E-state index contributed by atoms with van der Waals surface area (Å²) in [7, 11) is 0. The van der Waals surface area contributed by atoms with E-state index in [-0.39, 0.29) is 24.5 Å². The number of halogens is 1. The zero-order valence-corrected chi connectivity index (χ0v) is 15.9. The van der Waals surface area contributed by atoms with Gasteiger partial charge in [-0.3, -0.25) is 4.79 Å². The van der Waals surface area contributed by atoms with Crippen molar-refractivity contribution in [2.75, 3.05) is 6.61 Å². The smallest absolute Gasteiger partial charge is 0.326 e. The van der Waals surface area contributed by atoms with Crippen molar-refractivity contribution in [1.82, 2.24) is 5.32 Å². The van der Waals surface area contributed by atoms with E-state index >= 15 is 0 Å². The maximum atomic E-state index is 12.2. The van der Waals surface area contributed by atoms with E-state index in [1.54, 1.807) is 19.1 Å². The van der Waals surface area contributed by atoms with Gasteiger partial charge in [-0.05, 0) is 52.0 Å². The number of ether oxygens (including phenoxy) is 1. The molecule has 2 unspecified atom stereocenters. The molecule has 7 heteroatoms. The number of benzene rings is 1. The molecule has 134 valence electrons. The highest BCUT2D eigenvalue weighted by Crippen LogP contribution is 2.24. The molecule has 0 saturated carbocycles. The molecule has 1 amide bonds. The van der Waals surface area contributed by atoms with E-state index in [9.17, 15) is 14.7 Å². The average Bonchev–Trinajstić information content (AvgIpc) is 2.47. The van der Waals surface area contributed by atoms with Crippen LogP contribution in [-0.2, 0) is 14.3 Å². The van der Waals surface area contributed by atoms with Crippen LogP contribution in [0.15, 0.2) is 29.2 Å². The molecule has 0 aliphatic rings. The molecule has 0 bridgehead atoms. The van der Waals surface area contributed by atoms with E-state index in [2.05, 4.69) is 5.32 Å². The van der Waals surface area contributed by atoms with Crippen molar-refractivity contribution in [3.8, 4) is 0 Å². The molecule has 1 aromatic carbocycles. The van der Waals surface area contributed by atoms with Gasteiger partial charge in [0, 0.05) is 22.9 Å². The molecule has 0 fully saturated rings. The molecule has 2 atom stereocenters. The number of carboxylic acid groups (broad SMARTS) is 1. The molecule has 0 heterocycles. The van der Waals surface area contributed by atoms with Crippen molar-refractivity contribution in [2.45, 2.75) is 55.9 Å². The minimum atomic E-state index is -1.07. The Labute approximate surface area is 152 Å². The third-order valence-corrected chi connectivity index (χ3v) is 4.42. The predicted molar refractivity (Wildman–Crippen MR) is 96.7 cm³/mol. The molecule has 0 saturated heterocycles. The molecule has 24 heavy (non-hydrogen) atoms. The second-order valence-electron chi connectivity index (χ2n) is 6.36. The Bertz CT molecular complexity index is 557. The van der Waals surface area contributed by atoms with E-state index < -0.39 is 17.3 Å². The second kappa shape index (κ2) is 9.30. The van der Waals surface area contributed by atoms with Crippen LogP contribution < -0.4 is 5.32 Å². The van der Waals surface area contributed by atoms with E-state index in [1.165, 1.54) is 11.8 Å². The lowest BCUT2D eigenvalue weighted by molar-refractivity contribution is -0.142. The Morgan fingerprint density at radius 1 is 1.29 bits per heavy atom. The van der Waals surface area contributed by atoms with E-state index in [0.29, 0.717) is 5.02 Å². The maximum absolute atomic E-state index is 12.2. The van der Waals surface area contributed by atoms with Crippen LogP contribution in [0, 0.1) is 0 Å². The van der Waals surface area contributed by atoms with Crippen LogP contribution >= 0.6 is 23.4 Å². The van der Waals surface area contributed by atoms with Crippen LogP contribution in [0.5, 0.6) is 0 Å². The first-order valence-corrected chi connectivity index (χ1v) is 8.93. The van der Waals surface area contributed by atoms with Gasteiger partial charge >= 0.3 is 5.97 Å². The van der Waals surface area contributed by atoms with Gasteiger partial charge in [-0.1, -0.05) is 11.6 Å². The lowest BCUT2D eigenvalue weighted by Crippen LogP contribution is -2.44. The molecule has 0 aromatic heterocycles. The van der Waals surface area contributed by atoms with Crippen LogP contribution in [0.1, 0.15) is 34.1 Å². The molecule has 0 aliphatic heterocycles. The average molecular weight is 374 g/mol.